The molecule has 7 nitrogen and oxygen atoms in total. The Labute approximate surface area is 191 Å². The van der Waals surface area contributed by atoms with E-state index in [0.717, 1.165) is 10.0 Å². The molecule has 0 N–H and O–H groups in total. The van der Waals surface area contributed by atoms with Crippen LogP contribution in [-0.2, 0) is 24.3 Å². The second kappa shape index (κ2) is 9.18. The third-order valence-electron chi connectivity index (χ3n) is 5.25. The molecule has 0 aromatic heterocycles. The molecule has 2 atom stereocenters. The second-order valence-electron chi connectivity index (χ2n) is 7.89. The maximum absolute atomic E-state index is 13.6. The summed E-state index contributed by atoms with van der Waals surface area (Å²) < 4.78 is 45.6. The fraction of sp³-hybridized carbons (Fsp3) is 0.409. The van der Waals surface area contributed by atoms with E-state index in [1.165, 1.54) is 18.5 Å². The lowest BCUT2D eigenvalue weighted by molar-refractivity contribution is -0.156. The Balaban J connectivity index is 2.03. The van der Waals surface area contributed by atoms with E-state index in [9.17, 15) is 13.2 Å². The first-order chi connectivity index (χ1) is 14.6. The largest absolute Gasteiger partial charge is 0.486 e. The molecule has 0 saturated heterocycles. The van der Waals surface area contributed by atoms with E-state index in [2.05, 4.69) is 15.9 Å². The molecular formula is C22H26BrNO6S. The number of halogens is 1. The average Bonchev–Trinajstić information content (AvgIpc) is 2.73. The summed E-state index contributed by atoms with van der Waals surface area (Å²) in [6.07, 6.45) is -0.351. The Morgan fingerprint density at radius 1 is 1.26 bits per heavy atom. The van der Waals surface area contributed by atoms with Gasteiger partial charge in [0.2, 0.25) is 0 Å². The lowest BCUT2D eigenvalue weighted by Crippen LogP contribution is -2.47. The van der Waals surface area contributed by atoms with Crippen LogP contribution in [0.5, 0.6) is 5.75 Å². The number of anilines is 1. The standard InChI is InChI=1S/C22H26BrNO6S/c1-15-6-5-7-18(10-15)31(26,27)24-13-17(12-22(2,14-28-3)21(25)29-4)30-20-9-8-16(23)11-19(20)24/h5-11,17H,12-14H2,1-4H3/t17-,22?/m0/s1. The molecule has 2 aromatic rings. The third-order valence-corrected chi connectivity index (χ3v) is 7.52. The van der Waals surface area contributed by atoms with E-state index < -0.39 is 27.5 Å². The first kappa shape index (κ1) is 23.6. The number of benzene rings is 2. The molecule has 1 heterocycles. The van der Waals surface area contributed by atoms with Crippen molar-refractivity contribution in [1.29, 1.82) is 0 Å². The van der Waals surface area contributed by atoms with Crippen LogP contribution in [-0.4, -0.2) is 47.9 Å². The highest BCUT2D eigenvalue weighted by Gasteiger charge is 2.42. The van der Waals surface area contributed by atoms with Gasteiger partial charge in [0, 0.05) is 18.0 Å². The Bertz CT molecular complexity index is 1070. The summed E-state index contributed by atoms with van der Waals surface area (Å²) in [5.41, 5.74) is 0.303. The van der Waals surface area contributed by atoms with E-state index in [-0.39, 0.29) is 24.5 Å². The Morgan fingerprint density at radius 2 is 2.00 bits per heavy atom. The number of aryl methyl sites for hydroxylation is 1. The SMILES string of the molecule is COCC(C)(C[C@H]1CN(S(=O)(=O)c2cccc(C)c2)c2cc(Br)ccc2O1)C(=O)OC. The summed E-state index contributed by atoms with van der Waals surface area (Å²) in [6.45, 7) is 3.74. The van der Waals surface area contributed by atoms with E-state index in [1.54, 1.807) is 43.3 Å². The molecule has 0 bridgehead atoms. The van der Waals surface area contributed by atoms with Gasteiger partial charge in [0.15, 0.2) is 0 Å². The number of sulfonamides is 1. The van der Waals surface area contributed by atoms with Gasteiger partial charge in [0.25, 0.3) is 10.0 Å². The van der Waals surface area contributed by atoms with Crippen molar-refractivity contribution in [3.63, 3.8) is 0 Å². The summed E-state index contributed by atoms with van der Waals surface area (Å²) in [6, 6.07) is 12.0. The molecule has 1 aliphatic heterocycles. The minimum absolute atomic E-state index is 0.0516. The zero-order valence-corrected chi connectivity index (χ0v) is 20.3. The van der Waals surface area contributed by atoms with Crippen molar-refractivity contribution < 1.29 is 27.4 Å². The van der Waals surface area contributed by atoms with Crippen molar-refractivity contribution in [2.75, 3.05) is 31.7 Å². The summed E-state index contributed by atoms with van der Waals surface area (Å²) in [4.78, 5) is 12.6. The van der Waals surface area contributed by atoms with Crippen molar-refractivity contribution in [2.24, 2.45) is 5.41 Å². The predicted octanol–water partition coefficient (Wildman–Crippen LogP) is 3.93. The quantitative estimate of drug-likeness (QED) is 0.523. The van der Waals surface area contributed by atoms with E-state index in [1.807, 2.05) is 13.0 Å². The van der Waals surface area contributed by atoms with Gasteiger partial charge in [-0.15, -0.1) is 0 Å². The average molecular weight is 512 g/mol. The lowest BCUT2D eigenvalue weighted by atomic mass is 9.84. The van der Waals surface area contributed by atoms with E-state index in [0.29, 0.717) is 11.4 Å². The van der Waals surface area contributed by atoms with Crippen molar-refractivity contribution in [3.8, 4) is 5.75 Å². The van der Waals surface area contributed by atoms with Gasteiger partial charge in [-0.05, 0) is 49.7 Å². The fourth-order valence-electron chi connectivity index (χ4n) is 3.79. The molecule has 168 valence electrons. The van der Waals surface area contributed by atoms with Gasteiger partial charge in [-0.2, -0.15) is 0 Å². The molecule has 0 radical (unpaired) electrons. The number of esters is 1. The minimum Gasteiger partial charge on any atom is -0.486 e. The molecule has 2 aromatic carbocycles. The number of hydrogen-bond acceptors (Lipinski definition) is 6. The van der Waals surface area contributed by atoms with Gasteiger partial charge in [0.1, 0.15) is 11.9 Å². The van der Waals surface area contributed by atoms with Crippen LogP contribution in [0.4, 0.5) is 5.69 Å². The van der Waals surface area contributed by atoms with E-state index in [4.69, 9.17) is 14.2 Å². The molecule has 0 spiro atoms. The van der Waals surface area contributed by atoms with Gasteiger partial charge >= 0.3 is 5.97 Å². The highest BCUT2D eigenvalue weighted by Crippen LogP contribution is 2.41. The molecule has 0 saturated carbocycles. The first-order valence-corrected chi connectivity index (χ1v) is 12.0. The van der Waals surface area contributed by atoms with Crippen LogP contribution in [0.15, 0.2) is 51.8 Å². The molecule has 9 heteroatoms. The second-order valence-corrected chi connectivity index (χ2v) is 10.7. The number of carbonyl (C=O) groups is 1. The zero-order valence-electron chi connectivity index (χ0n) is 17.9. The van der Waals surface area contributed by atoms with Crippen LogP contribution in [0.3, 0.4) is 0 Å². The van der Waals surface area contributed by atoms with Crippen molar-refractivity contribution in [2.45, 2.75) is 31.3 Å². The van der Waals surface area contributed by atoms with Gasteiger partial charge in [0.05, 0.1) is 36.3 Å². The van der Waals surface area contributed by atoms with E-state index >= 15 is 0 Å². The van der Waals surface area contributed by atoms with Crippen molar-refractivity contribution >= 4 is 37.6 Å². The molecular weight excluding hydrogens is 486 g/mol. The highest BCUT2D eigenvalue weighted by atomic mass is 79.9. The fourth-order valence-corrected chi connectivity index (χ4v) is 5.74. The summed E-state index contributed by atoms with van der Waals surface area (Å²) in [7, 11) is -1.03. The van der Waals surface area contributed by atoms with Crippen LogP contribution in [0, 0.1) is 12.3 Å². The number of hydrogen-bond donors (Lipinski definition) is 0. The molecule has 3 rings (SSSR count). The van der Waals surface area contributed by atoms with Crippen molar-refractivity contribution in [1.82, 2.24) is 0 Å². The maximum atomic E-state index is 13.6. The van der Waals surface area contributed by atoms with Gasteiger partial charge in [-0.1, -0.05) is 28.1 Å². The predicted molar refractivity (Wildman–Crippen MR) is 121 cm³/mol. The first-order valence-electron chi connectivity index (χ1n) is 9.74. The maximum Gasteiger partial charge on any atom is 0.314 e. The monoisotopic (exact) mass is 511 g/mol. The lowest BCUT2D eigenvalue weighted by Gasteiger charge is -2.38. The minimum atomic E-state index is -3.86. The zero-order chi connectivity index (χ0) is 22.8. The highest BCUT2D eigenvalue weighted by molar-refractivity contribution is 9.10. The Morgan fingerprint density at radius 3 is 2.65 bits per heavy atom. The Kier molecular flexibility index (Phi) is 6.98. The topological polar surface area (TPSA) is 82.1 Å². The van der Waals surface area contributed by atoms with Crippen LogP contribution in [0.1, 0.15) is 18.9 Å². The number of fused-ring (bicyclic) bond motifs is 1. The van der Waals surface area contributed by atoms with Crippen LogP contribution >= 0.6 is 15.9 Å². The Hall–Kier alpha value is -2.10. The smallest absolute Gasteiger partial charge is 0.314 e. The third kappa shape index (κ3) is 4.88. The number of rotatable bonds is 7. The number of ether oxygens (including phenoxy) is 3. The number of nitrogens with zero attached hydrogens (tertiary/aromatic N) is 1. The summed E-state index contributed by atoms with van der Waals surface area (Å²) in [5, 5.41) is 0. The normalized spacial score (nSPS) is 18.0. The summed E-state index contributed by atoms with van der Waals surface area (Å²) in [5.74, 6) is -0.00652. The molecule has 31 heavy (non-hydrogen) atoms. The number of methoxy groups -OCH3 is 2. The van der Waals surface area contributed by atoms with Gasteiger partial charge in [-0.25, -0.2) is 8.42 Å². The van der Waals surface area contributed by atoms with Crippen LogP contribution in [0.2, 0.25) is 0 Å². The van der Waals surface area contributed by atoms with Gasteiger partial charge in [-0.3, -0.25) is 9.10 Å². The molecule has 0 amide bonds. The summed E-state index contributed by atoms with van der Waals surface area (Å²) >= 11 is 3.41. The molecule has 1 aliphatic rings. The molecule has 0 fully saturated rings. The molecule has 0 aliphatic carbocycles. The van der Waals surface area contributed by atoms with Gasteiger partial charge < -0.3 is 14.2 Å². The molecule has 1 unspecified atom stereocenters. The van der Waals surface area contributed by atoms with Crippen LogP contribution in [0.25, 0.3) is 0 Å². The van der Waals surface area contributed by atoms with Crippen molar-refractivity contribution in [3.05, 3.63) is 52.5 Å². The van der Waals surface area contributed by atoms with Crippen LogP contribution < -0.4 is 9.04 Å². The number of carbonyl (C=O) groups excluding carboxylic acids is 1.